The molecule has 0 amide bonds. The van der Waals surface area contributed by atoms with Crippen molar-refractivity contribution in [2.45, 2.75) is 0 Å². The number of carbonyl (C=O) groups is 1. The topological polar surface area (TPSA) is 23.6 Å². The minimum absolute atomic E-state index is 0.0000463. The number of Topliss-reactive ketones (excluding diaryl/α,β-unsaturated/α-hetero) is 1. The Hall–Kier alpha value is -1.84. The Bertz CT molecular complexity index is 414. The molecule has 0 atom stereocenters. The van der Waals surface area contributed by atoms with Gasteiger partial charge in [0.1, 0.15) is 5.82 Å². The van der Waals surface area contributed by atoms with Gasteiger partial charge in [0.15, 0.2) is 5.78 Å². The van der Waals surface area contributed by atoms with Crippen molar-refractivity contribution >= 4 is 5.78 Å². The van der Waals surface area contributed by atoms with Gasteiger partial charge in [0.05, 0.1) is 13.2 Å². The smallest absolute Gasteiger partial charge is 0.182 e. The van der Waals surface area contributed by atoms with E-state index in [1.165, 1.54) is 24.3 Å². The number of benzene rings is 1. The Morgan fingerprint density at radius 3 is 2.56 bits per heavy atom. The van der Waals surface area contributed by atoms with Gasteiger partial charge in [0.2, 0.25) is 0 Å². The van der Waals surface area contributed by atoms with E-state index in [1.807, 2.05) is 29.2 Å². The van der Waals surface area contributed by atoms with Gasteiger partial charge in [0, 0.05) is 25.0 Å². The van der Waals surface area contributed by atoms with Crippen LogP contribution in [0.3, 0.4) is 0 Å². The summed E-state index contributed by atoms with van der Waals surface area (Å²) in [5, 5.41) is 0. The molecule has 4 heteroatoms. The fraction of sp³-hybridized carbons (Fsp3) is 0.250. The Morgan fingerprint density at radius 1 is 1.31 bits per heavy atom. The van der Waals surface area contributed by atoms with E-state index in [1.54, 1.807) is 0 Å². The van der Waals surface area contributed by atoms with E-state index in [9.17, 15) is 9.18 Å². The van der Waals surface area contributed by atoms with E-state index in [0.29, 0.717) is 18.8 Å². The van der Waals surface area contributed by atoms with Crippen LogP contribution in [-0.2, 0) is 0 Å². The summed E-state index contributed by atoms with van der Waals surface area (Å²) in [4.78, 5) is 15.7. The maximum Gasteiger partial charge on any atom is 0.182 e. The molecule has 0 bridgehead atoms. The second kappa shape index (κ2) is 4.35. The third-order valence-electron chi connectivity index (χ3n) is 2.45. The van der Waals surface area contributed by atoms with Crippen molar-refractivity contribution in [3.63, 3.8) is 0 Å². The zero-order valence-corrected chi connectivity index (χ0v) is 9.06. The summed E-state index contributed by atoms with van der Waals surface area (Å²) < 4.78 is 12.7. The molecule has 3 nitrogen and oxygen atoms in total. The van der Waals surface area contributed by atoms with Gasteiger partial charge >= 0.3 is 0 Å². The standard InChI is InChI=1S/C12H13FN2O/c1-14-6-7-15(9-14)8-12(16)10-2-4-11(13)5-3-10/h2-7H,8-9H2,1H3. The summed E-state index contributed by atoms with van der Waals surface area (Å²) in [6.07, 6.45) is 3.79. The lowest BCUT2D eigenvalue weighted by Gasteiger charge is -2.17. The largest absolute Gasteiger partial charge is 0.362 e. The van der Waals surface area contributed by atoms with Crippen LogP contribution in [0.2, 0.25) is 0 Å². The molecule has 0 unspecified atom stereocenters. The van der Waals surface area contributed by atoms with Gasteiger partial charge in [-0.1, -0.05) is 0 Å². The van der Waals surface area contributed by atoms with E-state index >= 15 is 0 Å². The zero-order chi connectivity index (χ0) is 11.5. The molecule has 0 N–H and O–H groups in total. The zero-order valence-electron chi connectivity index (χ0n) is 9.06. The SMILES string of the molecule is CN1C=CN(CC(=O)c2ccc(F)cc2)C1. The average molecular weight is 220 g/mol. The van der Waals surface area contributed by atoms with Gasteiger partial charge in [0.25, 0.3) is 0 Å². The van der Waals surface area contributed by atoms with Crippen LogP contribution in [-0.4, -0.2) is 35.8 Å². The Morgan fingerprint density at radius 2 is 2.00 bits per heavy atom. The lowest BCUT2D eigenvalue weighted by atomic mass is 10.1. The Labute approximate surface area is 93.8 Å². The monoisotopic (exact) mass is 220 g/mol. The minimum Gasteiger partial charge on any atom is -0.362 e. The van der Waals surface area contributed by atoms with Gasteiger partial charge in [-0.15, -0.1) is 0 Å². The summed E-state index contributed by atoms with van der Waals surface area (Å²) in [5.41, 5.74) is 0.546. The lowest BCUT2D eigenvalue weighted by Crippen LogP contribution is -2.27. The normalized spacial score (nSPS) is 14.6. The number of hydrogen-bond acceptors (Lipinski definition) is 3. The summed E-state index contributed by atoms with van der Waals surface area (Å²) in [7, 11) is 1.94. The highest BCUT2D eigenvalue weighted by Crippen LogP contribution is 2.08. The predicted molar refractivity (Wildman–Crippen MR) is 59.2 cm³/mol. The third kappa shape index (κ3) is 2.39. The van der Waals surface area contributed by atoms with Crippen molar-refractivity contribution in [1.82, 2.24) is 9.80 Å². The number of ketones is 1. The molecule has 0 spiro atoms. The van der Waals surface area contributed by atoms with Crippen molar-refractivity contribution in [3.8, 4) is 0 Å². The van der Waals surface area contributed by atoms with E-state index in [4.69, 9.17) is 0 Å². The fourth-order valence-corrected chi connectivity index (χ4v) is 1.60. The molecule has 2 rings (SSSR count). The van der Waals surface area contributed by atoms with Crippen LogP contribution in [0.15, 0.2) is 36.7 Å². The second-order valence-corrected chi connectivity index (χ2v) is 3.87. The molecule has 0 radical (unpaired) electrons. The summed E-state index contributed by atoms with van der Waals surface area (Å²) in [6.45, 7) is 1.04. The average Bonchev–Trinajstić information content (AvgIpc) is 2.65. The molecule has 1 aromatic carbocycles. The second-order valence-electron chi connectivity index (χ2n) is 3.87. The molecule has 16 heavy (non-hydrogen) atoms. The maximum atomic E-state index is 12.7. The van der Waals surface area contributed by atoms with Gasteiger partial charge in [-0.2, -0.15) is 0 Å². The van der Waals surface area contributed by atoms with Crippen LogP contribution in [0.25, 0.3) is 0 Å². The molecule has 84 valence electrons. The lowest BCUT2D eigenvalue weighted by molar-refractivity contribution is 0.0948. The molecule has 0 fully saturated rings. The summed E-state index contributed by atoms with van der Waals surface area (Å²) >= 11 is 0. The third-order valence-corrected chi connectivity index (χ3v) is 2.45. The van der Waals surface area contributed by atoms with E-state index in [-0.39, 0.29) is 11.6 Å². The van der Waals surface area contributed by atoms with Crippen LogP contribution in [0.4, 0.5) is 4.39 Å². The molecule has 1 aromatic rings. The first-order chi connectivity index (χ1) is 7.65. The first-order valence-electron chi connectivity index (χ1n) is 5.06. The van der Waals surface area contributed by atoms with Crippen molar-refractivity contribution in [2.75, 3.05) is 20.3 Å². The van der Waals surface area contributed by atoms with Gasteiger partial charge < -0.3 is 9.80 Å². The van der Waals surface area contributed by atoms with Gasteiger partial charge in [-0.25, -0.2) is 4.39 Å². The highest BCUT2D eigenvalue weighted by molar-refractivity contribution is 5.97. The van der Waals surface area contributed by atoms with Crippen LogP contribution < -0.4 is 0 Å². The van der Waals surface area contributed by atoms with Crippen LogP contribution in [0, 0.1) is 5.82 Å². The number of hydrogen-bond donors (Lipinski definition) is 0. The van der Waals surface area contributed by atoms with Gasteiger partial charge in [-0.3, -0.25) is 4.79 Å². The fourth-order valence-electron chi connectivity index (χ4n) is 1.60. The molecule has 0 saturated heterocycles. The molecule has 0 aromatic heterocycles. The van der Waals surface area contributed by atoms with Crippen LogP contribution in [0.5, 0.6) is 0 Å². The number of nitrogens with zero attached hydrogens (tertiary/aromatic N) is 2. The van der Waals surface area contributed by atoms with Crippen molar-refractivity contribution in [1.29, 1.82) is 0 Å². The summed E-state index contributed by atoms with van der Waals surface area (Å²) in [6, 6.07) is 5.64. The Balaban J connectivity index is 1.98. The highest BCUT2D eigenvalue weighted by Gasteiger charge is 2.13. The minimum atomic E-state index is -0.322. The van der Waals surface area contributed by atoms with Crippen LogP contribution >= 0.6 is 0 Å². The maximum absolute atomic E-state index is 12.7. The molecular weight excluding hydrogens is 207 g/mol. The number of halogens is 1. The molecule has 1 aliphatic heterocycles. The van der Waals surface area contributed by atoms with Crippen LogP contribution in [0.1, 0.15) is 10.4 Å². The molecule has 1 aliphatic rings. The Kier molecular flexibility index (Phi) is 2.90. The van der Waals surface area contributed by atoms with Crippen molar-refractivity contribution < 1.29 is 9.18 Å². The molecule has 1 heterocycles. The van der Waals surface area contributed by atoms with Crippen molar-refractivity contribution in [2.24, 2.45) is 0 Å². The summed E-state index contributed by atoms with van der Waals surface area (Å²) in [5.74, 6) is -0.322. The quantitative estimate of drug-likeness (QED) is 0.724. The first kappa shape index (κ1) is 10.7. The molecule has 0 aliphatic carbocycles. The van der Waals surface area contributed by atoms with E-state index in [0.717, 1.165) is 0 Å². The number of rotatable bonds is 3. The molecular formula is C12H13FN2O. The molecule has 0 saturated carbocycles. The van der Waals surface area contributed by atoms with Gasteiger partial charge in [-0.05, 0) is 24.3 Å². The highest BCUT2D eigenvalue weighted by atomic mass is 19.1. The first-order valence-corrected chi connectivity index (χ1v) is 5.06. The van der Waals surface area contributed by atoms with Crippen molar-refractivity contribution in [3.05, 3.63) is 48.0 Å². The van der Waals surface area contributed by atoms with E-state index in [2.05, 4.69) is 0 Å². The predicted octanol–water partition coefficient (Wildman–Crippen LogP) is 1.68. The number of carbonyl (C=O) groups excluding carboxylic acids is 1. The van der Waals surface area contributed by atoms with E-state index < -0.39 is 0 Å².